The maximum Gasteiger partial charge on any atom is 0.226 e. The molecule has 0 saturated heterocycles. The Morgan fingerprint density at radius 2 is 1.72 bits per heavy atom. The predicted molar refractivity (Wildman–Crippen MR) is 129 cm³/mol. The quantitative estimate of drug-likeness (QED) is 0.435. The second kappa shape index (κ2) is 8.66. The number of aromatic nitrogens is 2. The summed E-state index contributed by atoms with van der Waals surface area (Å²) in [7, 11) is 0. The summed E-state index contributed by atoms with van der Waals surface area (Å²) in [5.41, 5.74) is 4.39. The molecular formula is C26H26BrN3O2. The lowest BCUT2D eigenvalue weighted by atomic mass is 9.82. The van der Waals surface area contributed by atoms with Gasteiger partial charge in [0.25, 0.3) is 0 Å². The number of benzene rings is 2. The summed E-state index contributed by atoms with van der Waals surface area (Å²) < 4.78 is 2.69. The number of nitrogens with one attached hydrogen (secondary N) is 1. The van der Waals surface area contributed by atoms with Gasteiger partial charge < -0.3 is 5.32 Å². The molecule has 1 atom stereocenters. The van der Waals surface area contributed by atoms with Gasteiger partial charge in [0.1, 0.15) is 5.82 Å². The molecule has 1 amide bonds. The maximum absolute atomic E-state index is 13.5. The Kier molecular flexibility index (Phi) is 5.72. The number of Topliss-reactive ketones (excluding diaryl/α,β-unsaturated/α-hetero) is 1. The molecule has 1 aliphatic heterocycles. The third-order valence-electron chi connectivity index (χ3n) is 6.76. The summed E-state index contributed by atoms with van der Waals surface area (Å²) in [6.07, 6.45) is 6.50. The molecule has 2 aliphatic rings. The van der Waals surface area contributed by atoms with Crippen LogP contribution in [0.4, 0.5) is 5.82 Å². The zero-order chi connectivity index (χ0) is 22.2. The van der Waals surface area contributed by atoms with Gasteiger partial charge in [-0.05, 0) is 55.5 Å². The fourth-order valence-electron chi connectivity index (χ4n) is 5.10. The number of hydrogen-bond donors (Lipinski definition) is 1. The SMILES string of the molecule is Cc1nn(-c2ccc(Br)cc2)c2c1[C@@H](C(=O)c1ccc(C3CCCCC3)cc1)CC(=O)N2. The molecule has 0 unspecified atom stereocenters. The average molecular weight is 492 g/mol. The lowest BCUT2D eigenvalue weighted by molar-refractivity contribution is -0.116. The first-order valence-electron chi connectivity index (χ1n) is 11.3. The van der Waals surface area contributed by atoms with Crippen LogP contribution in [-0.4, -0.2) is 21.5 Å². The van der Waals surface area contributed by atoms with Gasteiger partial charge in [0.05, 0.1) is 17.3 Å². The van der Waals surface area contributed by atoms with Crippen molar-refractivity contribution >= 4 is 33.4 Å². The molecule has 1 fully saturated rings. The summed E-state index contributed by atoms with van der Waals surface area (Å²) in [5, 5.41) is 7.61. The molecule has 0 radical (unpaired) electrons. The van der Waals surface area contributed by atoms with Gasteiger partial charge in [-0.25, -0.2) is 4.68 Å². The van der Waals surface area contributed by atoms with Crippen LogP contribution in [0.5, 0.6) is 0 Å². The highest BCUT2D eigenvalue weighted by atomic mass is 79.9. The first-order chi connectivity index (χ1) is 15.5. The summed E-state index contributed by atoms with van der Waals surface area (Å²) in [5.74, 6) is 0.496. The summed E-state index contributed by atoms with van der Waals surface area (Å²) in [6.45, 7) is 1.90. The maximum atomic E-state index is 13.5. The van der Waals surface area contributed by atoms with Gasteiger partial charge in [-0.2, -0.15) is 5.10 Å². The van der Waals surface area contributed by atoms with Gasteiger partial charge in [-0.15, -0.1) is 0 Å². The van der Waals surface area contributed by atoms with Gasteiger partial charge in [0.2, 0.25) is 5.91 Å². The zero-order valence-electron chi connectivity index (χ0n) is 18.1. The van der Waals surface area contributed by atoms with E-state index in [9.17, 15) is 9.59 Å². The van der Waals surface area contributed by atoms with Crippen LogP contribution in [0.3, 0.4) is 0 Å². The topological polar surface area (TPSA) is 64.0 Å². The van der Waals surface area contributed by atoms with Crippen LogP contribution in [0.15, 0.2) is 53.0 Å². The molecule has 1 saturated carbocycles. The third-order valence-corrected chi connectivity index (χ3v) is 7.29. The van der Waals surface area contributed by atoms with Crippen molar-refractivity contribution in [3.8, 4) is 5.69 Å². The molecule has 1 aliphatic carbocycles. The Labute approximate surface area is 196 Å². The Morgan fingerprint density at radius 1 is 1.03 bits per heavy atom. The van der Waals surface area contributed by atoms with Gasteiger partial charge >= 0.3 is 0 Å². The summed E-state index contributed by atoms with van der Waals surface area (Å²) in [4.78, 5) is 26.1. The zero-order valence-corrected chi connectivity index (χ0v) is 19.7. The second-order valence-electron chi connectivity index (χ2n) is 8.86. The number of ketones is 1. The second-order valence-corrected chi connectivity index (χ2v) is 9.78. The van der Waals surface area contributed by atoms with E-state index >= 15 is 0 Å². The molecule has 2 aromatic carbocycles. The Bertz CT molecular complexity index is 1160. The third kappa shape index (κ3) is 3.92. The van der Waals surface area contributed by atoms with E-state index in [4.69, 9.17) is 0 Å². The number of fused-ring (bicyclic) bond motifs is 1. The number of carbonyl (C=O) groups excluding carboxylic acids is 2. The number of halogens is 1. The highest BCUT2D eigenvalue weighted by Gasteiger charge is 2.36. The molecule has 5 rings (SSSR count). The van der Waals surface area contributed by atoms with Crippen LogP contribution >= 0.6 is 15.9 Å². The van der Waals surface area contributed by atoms with E-state index in [2.05, 4.69) is 38.5 Å². The summed E-state index contributed by atoms with van der Waals surface area (Å²) >= 11 is 3.45. The van der Waals surface area contributed by atoms with Crippen molar-refractivity contribution in [3.05, 3.63) is 75.4 Å². The van der Waals surface area contributed by atoms with E-state index in [-0.39, 0.29) is 18.1 Å². The Hall–Kier alpha value is -2.73. The van der Waals surface area contributed by atoms with Gasteiger partial charge in [-0.3, -0.25) is 9.59 Å². The largest absolute Gasteiger partial charge is 0.310 e. The first kappa shape index (κ1) is 21.1. The number of anilines is 1. The molecule has 5 nitrogen and oxygen atoms in total. The number of carbonyl (C=O) groups is 2. The van der Waals surface area contributed by atoms with E-state index in [1.807, 2.05) is 43.3 Å². The molecule has 1 aromatic heterocycles. The Morgan fingerprint density at radius 3 is 2.41 bits per heavy atom. The monoisotopic (exact) mass is 491 g/mol. The van der Waals surface area contributed by atoms with Crippen molar-refractivity contribution in [2.24, 2.45) is 0 Å². The van der Waals surface area contributed by atoms with Crippen LogP contribution in [0.25, 0.3) is 5.69 Å². The highest BCUT2D eigenvalue weighted by Crippen LogP contribution is 2.39. The fraction of sp³-hybridized carbons (Fsp3) is 0.346. The minimum absolute atomic E-state index is 0.0187. The van der Waals surface area contributed by atoms with Gasteiger partial charge in [0, 0.05) is 22.0 Å². The Balaban J connectivity index is 1.47. The van der Waals surface area contributed by atoms with Crippen molar-refractivity contribution in [1.82, 2.24) is 9.78 Å². The average Bonchev–Trinajstić information content (AvgIpc) is 3.15. The minimum Gasteiger partial charge on any atom is -0.310 e. The normalized spacial score (nSPS) is 18.8. The van der Waals surface area contributed by atoms with Crippen LogP contribution in [0.2, 0.25) is 0 Å². The van der Waals surface area contributed by atoms with E-state index in [0.717, 1.165) is 21.4 Å². The van der Waals surface area contributed by atoms with E-state index in [1.54, 1.807) is 4.68 Å². The molecule has 164 valence electrons. The first-order valence-corrected chi connectivity index (χ1v) is 12.1. The van der Waals surface area contributed by atoms with E-state index in [0.29, 0.717) is 17.3 Å². The highest BCUT2D eigenvalue weighted by molar-refractivity contribution is 9.10. The molecule has 0 bridgehead atoms. The lowest BCUT2D eigenvalue weighted by Gasteiger charge is -2.24. The van der Waals surface area contributed by atoms with Crippen LogP contribution in [0.1, 0.15) is 77.5 Å². The molecule has 6 heteroatoms. The number of nitrogens with zero attached hydrogens (tertiary/aromatic N) is 2. The number of hydrogen-bond acceptors (Lipinski definition) is 3. The van der Waals surface area contributed by atoms with Crippen molar-refractivity contribution in [2.45, 2.75) is 57.3 Å². The minimum atomic E-state index is -0.525. The van der Waals surface area contributed by atoms with Crippen molar-refractivity contribution in [1.29, 1.82) is 0 Å². The molecule has 32 heavy (non-hydrogen) atoms. The van der Waals surface area contributed by atoms with Crippen LogP contribution in [0, 0.1) is 6.92 Å². The van der Waals surface area contributed by atoms with E-state index < -0.39 is 5.92 Å². The number of rotatable bonds is 4. The fourth-order valence-corrected chi connectivity index (χ4v) is 5.36. The standard InChI is InChI=1S/C26H26BrN3O2/c1-16-24-22(25(32)19-9-7-18(8-10-19)17-5-3-2-4-6-17)15-23(31)28-26(24)30(29-16)21-13-11-20(27)12-14-21/h7-14,17,22H,2-6,15H2,1H3,(H,28,31)/t22-/m0/s1. The summed E-state index contributed by atoms with van der Waals surface area (Å²) in [6, 6.07) is 15.8. The van der Waals surface area contributed by atoms with E-state index in [1.165, 1.54) is 37.7 Å². The van der Waals surface area contributed by atoms with Crippen molar-refractivity contribution in [2.75, 3.05) is 5.32 Å². The molecule has 1 N–H and O–H groups in total. The number of amides is 1. The van der Waals surface area contributed by atoms with Crippen molar-refractivity contribution < 1.29 is 9.59 Å². The lowest BCUT2D eigenvalue weighted by Crippen LogP contribution is -2.28. The smallest absolute Gasteiger partial charge is 0.226 e. The van der Waals surface area contributed by atoms with Gasteiger partial charge in [0.15, 0.2) is 5.78 Å². The van der Waals surface area contributed by atoms with Crippen LogP contribution < -0.4 is 5.32 Å². The van der Waals surface area contributed by atoms with Crippen molar-refractivity contribution in [3.63, 3.8) is 0 Å². The van der Waals surface area contributed by atoms with Gasteiger partial charge in [-0.1, -0.05) is 59.5 Å². The molecular weight excluding hydrogens is 466 g/mol. The molecule has 2 heterocycles. The molecule has 3 aromatic rings. The predicted octanol–water partition coefficient (Wildman–Crippen LogP) is 6.30. The van der Waals surface area contributed by atoms with Crippen LogP contribution in [-0.2, 0) is 4.79 Å². The molecule has 0 spiro atoms. The number of aryl methyl sites for hydroxylation is 1.